The molecule has 0 saturated carbocycles. The monoisotopic (exact) mass is 296 g/mol. The first-order valence-electron chi connectivity index (χ1n) is 6.65. The highest BCUT2D eigenvalue weighted by Crippen LogP contribution is 2.14. The molecule has 0 fully saturated rings. The molecule has 7 nitrogen and oxygen atoms in total. The molecule has 1 aliphatic heterocycles. The van der Waals surface area contributed by atoms with Crippen molar-refractivity contribution in [2.24, 2.45) is 0 Å². The van der Waals surface area contributed by atoms with Crippen LogP contribution in [-0.4, -0.2) is 45.0 Å². The Kier molecular flexibility index (Phi) is 3.86. The van der Waals surface area contributed by atoms with Crippen LogP contribution < -0.4 is 4.74 Å². The number of carbonyl (C=O) groups is 2. The smallest absolute Gasteiger partial charge is 0.253 e. The Morgan fingerprint density at radius 3 is 2.41 bits per heavy atom. The van der Waals surface area contributed by atoms with E-state index in [1.165, 1.54) is 12.2 Å². The minimum absolute atomic E-state index is 0.163. The first kappa shape index (κ1) is 13.9. The van der Waals surface area contributed by atoms with Gasteiger partial charge >= 0.3 is 0 Å². The molecular formula is C15H12N4O3. The number of ether oxygens (including phenoxy) is 1. The summed E-state index contributed by atoms with van der Waals surface area (Å²) in [4.78, 5) is 28.0. The van der Waals surface area contributed by atoms with Crippen molar-refractivity contribution >= 4 is 11.8 Å². The van der Waals surface area contributed by atoms with Crippen molar-refractivity contribution < 1.29 is 14.3 Å². The van der Waals surface area contributed by atoms with Gasteiger partial charge in [-0.3, -0.25) is 19.5 Å². The summed E-state index contributed by atoms with van der Waals surface area (Å²) in [6, 6.07) is 8.94. The van der Waals surface area contributed by atoms with Gasteiger partial charge in [0.2, 0.25) is 5.88 Å². The summed E-state index contributed by atoms with van der Waals surface area (Å²) >= 11 is 0. The van der Waals surface area contributed by atoms with E-state index in [1.807, 2.05) is 18.2 Å². The van der Waals surface area contributed by atoms with Crippen LogP contribution in [0.1, 0.15) is 0 Å². The van der Waals surface area contributed by atoms with Crippen molar-refractivity contribution in [2.45, 2.75) is 0 Å². The Labute approximate surface area is 126 Å². The number of aromatic nitrogens is 3. The standard InChI is InChI=1S/C15H12N4O3/c20-14-6-7-15(21)19(14)9-10-22-13-5-4-12(17-18-13)11-3-1-2-8-16-11/h1-8H,9-10H2. The second-order valence-electron chi connectivity index (χ2n) is 4.48. The van der Waals surface area contributed by atoms with Gasteiger partial charge in [-0.05, 0) is 18.2 Å². The lowest BCUT2D eigenvalue weighted by molar-refractivity contribution is -0.137. The fourth-order valence-corrected chi connectivity index (χ4v) is 1.94. The SMILES string of the molecule is O=C1C=CC(=O)N1CCOc1ccc(-c2ccccn2)nn1. The maximum Gasteiger partial charge on any atom is 0.253 e. The van der Waals surface area contributed by atoms with Crippen LogP contribution in [0.2, 0.25) is 0 Å². The molecule has 3 heterocycles. The van der Waals surface area contributed by atoms with Crippen LogP contribution in [0.15, 0.2) is 48.7 Å². The van der Waals surface area contributed by atoms with E-state index in [0.717, 1.165) is 10.6 Å². The van der Waals surface area contributed by atoms with Crippen LogP contribution in [0.25, 0.3) is 11.4 Å². The van der Waals surface area contributed by atoms with E-state index in [0.29, 0.717) is 11.6 Å². The predicted octanol–water partition coefficient (Wildman–Crippen LogP) is 0.842. The molecule has 2 amide bonds. The lowest BCUT2D eigenvalue weighted by Gasteiger charge is -2.13. The molecule has 2 aromatic heterocycles. The van der Waals surface area contributed by atoms with Gasteiger partial charge in [-0.25, -0.2) is 0 Å². The highest BCUT2D eigenvalue weighted by atomic mass is 16.5. The van der Waals surface area contributed by atoms with E-state index in [9.17, 15) is 9.59 Å². The van der Waals surface area contributed by atoms with Crippen molar-refractivity contribution in [3.05, 3.63) is 48.7 Å². The number of carbonyl (C=O) groups excluding carboxylic acids is 2. The molecule has 0 radical (unpaired) electrons. The third-order valence-electron chi connectivity index (χ3n) is 3.03. The lowest BCUT2D eigenvalue weighted by atomic mass is 10.2. The van der Waals surface area contributed by atoms with Crippen molar-refractivity contribution in [3.63, 3.8) is 0 Å². The van der Waals surface area contributed by atoms with Crippen LogP contribution in [0.3, 0.4) is 0 Å². The summed E-state index contributed by atoms with van der Waals surface area (Å²) in [6.07, 6.45) is 4.16. The first-order valence-corrected chi connectivity index (χ1v) is 6.65. The molecule has 0 N–H and O–H groups in total. The predicted molar refractivity (Wildman–Crippen MR) is 76.6 cm³/mol. The van der Waals surface area contributed by atoms with E-state index in [-0.39, 0.29) is 25.0 Å². The van der Waals surface area contributed by atoms with E-state index in [2.05, 4.69) is 15.2 Å². The molecule has 1 aliphatic rings. The molecular weight excluding hydrogens is 284 g/mol. The number of pyridine rings is 1. The van der Waals surface area contributed by atoms with Gasteiger partial charge in [0.1, 0.15) is 12.3 Å². The average molecular weight is 296 g/mol. The summed E-state index contributed by atoms with van der Waals surface area (Å²) in [7, 11) is 0. The van der Waals surface area contributed by atoms with Crippen LogP contribution in [0.4, 0.5) is 0 Å². The maximum absolute atomic E-state index is 11.4. The normalized spacial score (nSPS) is 13.7. The molecule has 3 rings (SSSR count). The molecule has 2 aromatic rings. The second kappa shape index (κ2) is 6.13. The molecule has 0 aliphatic carbocycles. The van der Waals surface area contributed by atoms with Gasteiger partial charge in [0.15, 0.2) is 0 Å². The highest BCUT2D eigenvalue weighted by molar-refractivity contribution is 6.12. The number of amides is 2. The van der Waals surface area contributed by atoms with Gasteiger partial charge in [0.25, 0.3) is 11.8 Å². The van der Waals surface area contributed by atoms with Crippen molar-refractivity contribution in [1.82, 2.24) is 20.1 Å². The largest absolute Gasteiger partial charge is 0.475 e. The van der Waals surface area contributed by atoms with Gasteiger partial charge in [-0.1, -0.05) is 6.07 Å². The van der Waals surface area contributed by atoms with E-state index in [4.69, 9.17) is 4.74 Å². The summed E-state index contributed by atoms with van der Waals surface area (Å²) < 4.78 is 5.39. The summed E-state index contributed by atoms with van der Waals surface area (Å²) in [6.45, 7) is 0.338. The van der Waals surface area contributed by atoms with E-state index in [1.54, 1.807) is 18.3 Å². The molecule has 0 unspecified atom stereocenters. The molecule has 0 spiro atoms. The molecule has 0 bridgehead atoms. The minimum Gasteiger partial charge on any atom is -0.475 e. The molecule has 0 aromatic carbocycles. The van der Waals surface area contributed by atoms with Crippen LogP contribution in [0, 0.1) is 0 Å². The Morgan fingerprint density at radius 1 is 0.955 bits per heavy atom. The Balaban J connectivity index is 1.56. The lowest BCUT2D eigenvalue weighted by Crippen LogP contribution is -2.33. The quantitative estimate of drug-likeness (QED) is 0.760. The summed E-state index contributed by atoms with van der Waals surface area (Å²) in [5.41, 5.74) is 1.36. The molecule has 0 atom stereocenters. The number of hydrogen-bond donors (Lipinski definition) is 0. The van der Waals surface area contributed by atoms with Crippen molar-refractivity contribution in [1.29, 1.82) is 0 Å². The van der Waals surface area contributed by atoms with Crippen molar-refractivity contribution in [3.8, 4) is 17.3 Å². The third-order valence-corrected chi connectivity index (χ3v) is 3.03. The zero-order valence-electron chi connectivity index (χ0n) is 11.5. The van der Waals surface area contributed by atoms with Gasteiger partial charge in [-0.15, -0.1) is 10.2 Å². The number of imide groups is 1. The molecule has 0 saturated heterocycles. The fraction of sp³-hybridized carbons (Fsp3) is 0.133. The van der Waals surface area contributed by atoms with Crippen LogP contribution in [-0.2, 0) is 9.59 Å². The Hall–Kier alpha value is -3.09. The average Bonchev–Trinajstić information content (AvgIpc) is 2.88. The Bertz CT molecular complexity index is 695. The van der Waals surface area contributed by atoms with Crippen LogP contribution >= 0.6 is 0 Å². The zero-order valence-corrected chi connectivity index (χ0v) is 11.5. The topological polar surface area (TPSA) is 85.3 Å². The molecule has 22 heavy (non-hydrogen) atoms. The number of nitrogens with zero attached hydrogens (tertiary/aromatic N) is 4. The third kappa shape index (κ3) is 2.98. The Morgan fingerprint density at radius 2 is 1.77 bits per heavy atom. The second-order valence-corrected chi connectivity index (χ2v) is 4.48. The number of hydrogen-bond acceptors (Lipinski definition) is 6. The van der Waals surface area contributed by atoms with Crippen LogP contribution in [0.5, 0.6) is 5.88 Å². The highest BCUT2D eigenvalue weighted by Gasteiger charge is 2.22. The fourth-order valence-electron chi connectivity index (χ4n) is 1.94. The summed E-state index contributed by atoms with van der Waals surface area (Å²) in [5, 5.41) is 7.97. The van der Waals surface area contributed by atoms with E-state index >= 15 is 0 Å². The zero-order chi connectivity index (χ0) is 15.4. The van der Waals surface area contributed by atoms with Gasteiger partial charge in [-0.2, -0.15) is 0 Å². The minimum atomic E-state index is -0.329. The molecule has 7 heteroatoms. The maximum atomic E-state index is 11.4. The molecule has 110 valence electrons. The first-order chi connectivity index (χ1) is 10.7. The summed E-state index contributed by atoms with van der Waals surface area (Å²) in [5.74, 6) is -0.331. The van der Waals surface area contributed by atoms with Gasteiger partial charge in [0.05, 0.1) is 12.2 Å². The van der Waals surface area contributed by atoms with Gasteiger partial charge in [0, 0.05) is 24.4 Å². The van der Waals surface area contributed by atoms with Crippen molar-refractivity contribution in [2.75, 3.05) is 13.2 Å². The van der Waals surface area contributed by atoms with Gasteiger partial charge < -0.3 is 4.74 Å². The number of rotatable bonds is 5. The van der Waals surface area contributed by atoms with E-state index < -0.39 is 0 Å².